The first-order chi connectivity index (χ1) is 9.20. The second-order valence-electron chi connectivity index (χ2n) is 3.79. The van der Waals surface area contributed by atoms with Crippen LogP contribution in [0.1, 0.15) is 15.9 Å². The molecular weight excluding hydrogens is 262 g/mol. The molecule has 98 valence electrons. The molecule has 19 heavy (non-hydrogen) atoms. The van der Waals surface area contributed by atoms with Gasteiger partial charge < -0.3 is 10.4 Å². The molecule has 0 bridgehead atoms. The third-order valence-electron chi connectivity index (χ3n) is 2.51. The molecule has 0 saturated heterocycles. The molecule has 2 rings (SSSR count). The minimum Gasteiger partial charge on any atom is -0.478 e. The molecule has 1 aromatic carbocycles. The fraction of sp³-hybridized carbons (Fsp3) is 0.154. The molecule has 1 heterocycles. The van der Waals surface area contributed by atoms with Crippen molar-refractivity contribution in [1.82, 2.24) is 10.2 Å². The Kier molecular flexibility index (Phi) is 4.35. The van der Waals surface area contributed by atoms with Crippen molar-refractivity contribution in [2.75, 3.05) is 11.6 Å². The lowest BCUT2D eigenvalue weighted by Gasteiger charge is -2.08. The molecular formula is C13H13N3O2S. The van der Waals surface area contributed by atoms with Gasteiger partial charge in [0, 0.05) is 6.54 Å². The van der Waals surface area contributed by atoms with Crippen LogP contribution in [-0.2, 0) is 6.54 Å². The fourth-order valence-electron chi connectivity index (χ4n) is 1.55. The molecule has 0 atom stereocenters. The van der Waals surface area contributed by atoms with Gasteiger partial charge in [-0.1, -0.05) is 30.3 Å². The first-order valence-electron chi connectivity index (χ1n) is 5.63. The van der Waals surface area contributed by atoms with Crippen LogP contribution in [0.3, 0.4) is 0 Å². The van der Waals surface area contributed by atoms with Crippen LogP contribution in [-0.4, -0.2) is 27.5 Å². The van der Waals surface area contributed by atoms with E-state index in [9.17, 15) is 4.79 Å². The molecule has 0 spiro atoms. The molecule has 0 amide bonds. The summed E-state index contributed by atoms with van der Waals surface area (Å²) in [6.07, 6.45) is 1.83. The third-order valence-corrected chi connectivity index (χ3v) is 3.13. The van der Waals surface area contributed by atoms with Crippen LogP contribution in [0.25, 0.3) is 0 Å². The molecule has 6 heteroatoms. The van der Waals surface area contributed by atoms with Crippen LogP contribution in [0.4, 0.5) is 5.82 Å². The highest BCUT2D eigenvalue weighted by molar-refractivity contribution is 7.98. The van der Waals surface area contributed by atoms with Crippen LogP contribution in [0.5, 0.6) is 0 Å². The Hall–Kier alpha value is -2.08. The Balaban J connectivity index is 2.18. The summed E-state index contributed by atoms with van der Waals surface area (Å²) in [6.45, 7) is 0.508. The van der Waals surface area contributed by atoms with Crippen molar-refractivity contribution in [1.29, 1.82) is 0 Å². The van der Waals surface area contributed by atoms with E-state index in [1.54, 1.807) is 0 Å². The Morgan fingerprint density at radius 3 is 2.68 bits per heavy atom. The van der Waals surface area contributed by atoms with Gasteiger partial charge in [0.05, 0.1) is 0 Å². The minimum absolute atomic E-state index is 0.135. The van der Waals surface area contributed by atoms with Crippen molar-refractivity contribution in [3.63, 3.8) is 0 Å². The van der Waals surface area contributed by atoms with Crippen LogP contribution < -0.4 is 5.32 Å². The smallest absolute Gasteiger partial charge is 0.339 e. The number of aromatic nitrogens is 2. The number of carboxylic acids is 1. The summed E-state index contributed by atoms with van der Waals surface area (Å²) >= 11 is 1.36. The van der Waals surface area contributed by atoms with Crippen LogP contribution in [0, 0.1) is 0 Å². The summed E-state index contributed by atoms with van der Waals surface area (Å²) in [7, 11) is 0. The maximum absolute atomic E-state index is 11.2. The van der Waals surface area contributed by atoms with Gasteiger partial charge in [0.1, 0.15) is 10.6 Å². The molecule has 1 aromatic heterocycles. The van der Waals surface area contributed by atoms with Gasteiger partial charge in [-0.2, -0.15) is 0 Å². The van der Waals surface area contributed by atoms with E-state index in [1.807, 2.05) is 36.6 Å². The molecule has 0 unspecified atom stereocenters. The summed E-state index contributed by atoms with van der Waals surface area (Å²) in [6, 6.07) is 11.2. The zero-order valence-corrected chi connectivity index (χ0v) is 11.1. The van der Waals surface area contributed by atoms with Crippen LogP contribution in [0.15, 0.2) is 41.4 Å². The first kappa shape index (κ1) is 13.4. The second kappa shape index (κ2) is 6.19. The van der Waals surface area contributed by atoms with E-state index in [4.69, 9.17) is 5.11 Å². The number of nitrogens with zero attached hydrogens (tertiary/aromatic N) is 2. The zero-order chi connectivity index (χ0) is 13.7. The largest absolute Gasteiger partial charge is 0.478 e. The standard InChI is InChI=1S/C13H13N3O2S/c1-19-11-7-10(13(17)18)12(16-15-11)14-8-9-5-3-2-4-6-9/h2-7H,8H2,1H3,(H,14,16)(H,17,18). The minimum atomic E-state index is -1.01. The van der Waals surface area contributed by atoms with Gasteiger partial charge in [-0.25, -0.2) is 4.79 Å². The van der Waals surface area contributed by atoms with Crippen molar-refractivity contribution in [3.8, 4) is 0 Å². The molecule has 0 radical (unpaired) electrons. The van der Waals surface area contributed by atoms with E-state index in [0.29, 0.717) is 11.6 Å². The van der Waals surface area contributed by atoms with Gasteiger partial charge in [-0.15, -0.1) is 22.0 Å². The normalized spacial score (nSPS) is 10.2. The quantitative estimate of drug-likeness (QED) is 0.817. The predicted octanol–water partition coefficient (Wildman–Crippen LogP) is 2.51. The van der Waals surface area contributed by atoms with Gasteiger partial charge in [-0.05, 0) is 17.9 Å². The van der Waals surface area contributed by atoms with E-state index in [1.165, 1.54) is 17.8 Å². The van der Waals surface area contributed by atoms with Gasteiger partial charge in [0.15, 0.2) is 5.82 Å². The lowest BCUT2D eigenvalue weighted by Crippen LogP contribution is -2.09. The van der Waals surface area contributed by atoms with Crippen LogP contribution in [0.2, 0.25) is 0 Å². The van der Waals surface area contributed by atoms with Gasteiger partial charge in [-0.3, -0.25) is 0 Å². The van der Waals surface area contributed by atoms with Gasteiger partial charge in [0.25, 0.3) is 0 Å². The number of nitrogens with one attached hydrogen (secondary N) is 1. The molecule has 5 nitrogen and oxygen atoms in total. The van der Waals surface area contributed by atoms with E-state index in [-0.39, 0.29) is 11.4 Å². The van der Waals surface area contributed by atoms with E-state index < -0.39 is 5.97 Å². The average molecular weight is 275 g/mol. The number of hydrogen-bond donors (Lipinski definition) is 2. The van der Waals surface area contributed by atoms with Gasteiger partial charge in [0.2, 0.25) is 0 Å². The Morgan fingerprint density at radius 1 is 1.32 bits per heavy atom. The monoisotopic (exact) mass is 275 g/mol. The number of carbonyl (C=O) groups is 1. The number of anilines is 1. The molecule has 2 N–H and O–H groups in total. The highest BCUT2D eigenvalue weighted by atomic mass is 32.2. The van der Waals surface area contributed by atoms with Crippen LogP contribution >= 0.6 is 11.8 Å². The fourth-order valence-corrected chi connectivity index (χ4v) is 1.91. The summed E-state index contributed by atoms with van der Waals surface area (Å²) in [5, 5.41) is 20.6. The van der Waals surface area contributed by atoms with E-state index in [0.717, 1.165) is 5.56 Å². The zero-order valence-electron chi connectivity index (χ0n) is 10.3. The number of thioether (sulfide) groups is 1. The number of hydrogen-bond acceptors (Lipinski definition) is 5. The topological polar surface area (TPSA) is 75.1 Å². The molecule has 0 aliphatic heterocycles. The highest BCUT2D eigenvalue weighted by Gasteiger charge is 2.13. The molecule has 0 saturated carbocycles. The molecule has 0 fully saturated rings. The summed E-state index contributed by atoms with van der Waals surface area (Å²) in [5.74, 6) is -0.727. The summed E-state index contributed by atoms with van der Waals surface area (Å²) in [5.41, 5.74) is 1.19. The van der Waals surface area contributed by atoms with E-state index >= 15 is 0 Å². The lowest BCUT2D eigenvalue weighted by atomic mass is 10.2. The maximum Gasteiger partial charge on any atom is 0.339 e. The maximum atomic E-state index is 11.2. The number of aromatic carboxylic acids is 1. The lowest BCUT2D eigenvalue weighted by molar-refractivity contribution is 0.0697. The number of rotatable bonds is 5. The summed E-state index contributed by atoms with van der Waals surface area (Å²) < 4.78 is 0. The SMILES string of the molecule is CSc1cc(C(=O)O)c(NCc2ccccc2)nn1. The average Bonchev–Trinajstić information content (AvgIpc) is 2.46. The van der Waals surface area contributed by atoms with Crippen molar-refractivity contribution >= 4 is 23.5 Å². The van der Waals surface area contributed by atoms with Crippen molar-refractivity contribution in [3.05, 3.63) is 47.5 Å². The summed E-state index contributed by atoms with van der Waals surface area (Å²) in [4.78, 5) is 11.2. The Labute approximate surface area is 115 Å². The van der Waals surface area contributed by atoms with Crippen molar-refractivity contribution in [2.24, 2.45) is 0 Å². The molecule has 0 aliphatic rings. The Bertz CT molecular complexity index is 575. The van der Waals surface area contributed by atoms with Crippen molar-refractivity contribution in [2.45, 2.75) is 11.6 Å². The highest BCUT2D eigenvalue weighted by Crippen LogP contribution is 2.18. The Morgan fingerprint density at radius 2 is 2.05 bits per heavy atom. The molecule has 0 aliphatic carbocycles. The number of benzene rings is 1. The van der Waals surface area contributed by atoms with E-state index in [2.05, 4.69) is 15.5 Å². The number of carboxylic acid groups (broad SMARTS) is 1. The third kappa shape index (κ3) is 3.45. The van der Waals surface area contributed by atoms with Gasteiger partial charge >= 0.3 is 5.97 Å². The first-order valence-corrected chi connectivity index (χ1v) is 6.86. The van der Waals surface area contributed by atoms with Crippen molar-refractivity contribution < 1.29 is 9.90 Å². The molecule has 2 aromatic rings. The predicted molar refractivity (Wildman–Crippen MR) is 74.5 cm³/mol. The second-order valence-corrected chi connectivity index (χ2v) is 4.62.